The van der Waals surface area contributed by atoms with Gasteiger partial charge in [-0.2, -0.15) is 13.2 Å². The van der Waals surface area contributed by atoms with E-state index in [0.717, 1.165) is 12.1 Å². The number of ether oxygens (including phenoxy) is 1. The van der Waals surface area contributed by atoms with Gasteiger partial charge in [-0.3, -0.25) is 4.21 Å². The first-order chi connectivity index (χ1) is 10.7. The van der Waals surface area contributed by atoms with Crippen LogP contribution in [0.2, 0.25) is 5.02 Å². The molecule has 23 heavy (non-hydrogen) atoms. The molecule has 1 atom stereocenters. The summed E-state index contributed by atoms with van der Waals surface area (Å²) in [5, 5.41) is -0.652. The highest BCUT2D eigenvalue weighted by molar-refractivity contribution is 7.84. The number of halogens is 4. The SMILES string of the molecule is CCOC(=O)c1c([S@](C)=O)nc2c(C(F)(F)F)cccc2c1Cl. The molecule has 4 nitrogen and oxygen atoms in total. The van der Waals surface area contributed by atoms with Crippen LogP contribution in [0.4, 0.5) is 13.2 Å². The molecule has 0 amide bonds. The Balaban J connectivity index is 2.90. The second kappa shape index (κ2) is 6.45. The fourth-order valence-electron chi connectivity index (χ4n) is 2.04. The van der Waals surface area contributed by atoms with Crippen molar-refractivity contribution >= 4 is 39.3 Å². The minimum Gasteiger partial charge on any atom is -0.462 e. The van der Waals surface area contributed by atoms with Gasteiger partial charge >= 0.3 is 12.1 Å². The summed E-state index contributed by atoms with van der Waals surface area (Å²) >= 11 is 6.10. The van der Waals surface area contributed by atoms with Crippen molar-refractivity contribution in [3.8, 4) is 0 Å². The Kier molecular flexibility index (Phi) is 4.95. The van der Waals surface area contributed by atoms with Gasteiger partial charge in [0.05, 0.1) is 33.5 Å². The first-order valence-corrected chi connectivity index (χ1v) is 8.32. The van der Waals surface area contributed by atoms with Gasteiger partial charge in [0.15, 0.2) is 0 Å². The zero-order valence-corrected chi connectivity index (χ0v) is 13.6. The first kappa shape index (κ1) is 17.7. The standard InChI is InChI=1S/C14H11ClF3NO3S/c1-3-22-13(20)9-10(15)7-5-4-6-8(14(16,17)18)11(7)19-12(9)23(2)21/h4-6H,3H2,1-2H3/t23-/m0/s1. The topological polar surface area (TPSA) is 56.3 Å². The van der Waals surface area contributed by atoms with Gasteiger partial charge in [0, 0.05) is 11.6 Å². The summed E-state index contributed by atoms with van der Waals surface area (Å²) in [6.07, 6.45) is -3.46. The van der Waals surface area contributed by atoms with Crippen molar-refractivity contribution < 1.29 is 26.9 Å². The zero-order chi connectivity index (χ0) is 17.4. The van der Waals surface area contributed by atoms with Crippen molar-refractivity contribution in [2.75, 3.05) is 12.9 Å². The predicted molar refractivity (Wildman–Crippen MR) is 80.0 cm³/mol. The van der Waals surface area contributed by atoms with Crippen LogP contribution in [0.3, 0.4) is 0 Å². The number of hydrogen-bond donors (Lipinski definition) is 0. The molecule has 2 aromatic rings. The van der Waals surface area contributed by atoms with Crippen LogP contribution in [0.1, 0.15) is 22.8 Å². The quantitative estimate of drug-likeness (QED) is 0.776. The number of aromatic nitrogens is 1. The molecule has 124 valence electrons. The smallest absolute Gasteiger partial charge is 0.418 e. The summed E-state index contributed by atoms with van der Waals surface area (Å²) in [6.45, 7) is 1.59. The Bertz CT molecular complexity index is 808. The molecule has 0 saturated carbocycles. The summed E-state index contributed by atoms with van der Waals surface area (Å²) in [7, 11) is -1.83. The monoisotopic (exact) mass is 365 g/mol. The second-order valence-electron chi connectivity index (χ2n) is 4.48. The molecule has 0 fully saturated rings. The Labute approximate surface area is 137 Å². The lowest BCUT2D eigenvalue weighted by Crippen LogP contribution is -2.14. The number of para-hydroxylation sites is 1. The molecular formula is C14H11ClF3NO3S. The molecule has 0 N–H and O–H groups in total. The molecule has 0 aliphatic heterocycles. The lowest BCUT2D eigenvalue weighted by molar-refractivity contribution is -0.136. The van der Waals surface area contributed by atoms with Crippen LogP contribution in [-0.2, 0) is 21.7 Å². The number of carbonyl (C=O) groups excluding carboxylic acids is 1. The van der Waals surface area contributed by atoms with Crippen LogP contribution in [0.15, 0.2) is 23.2 Å². The maximum absolute atomic E-state index is 13.1. The molecule has 0 bridgehead atoms. The van der Waals surface area contributed by atoms with Gasteiger partial charge in [-0.25, -0.2) is 9.78 Å². The van der Waals surface area contributed by atoms with Gasteiger partial charge in [0.25, 0.3) is 0 Å². The van der Waals surface area contributed by atoms with E-state index >= 15 is 0 Å². The van der Waals surface area contributed by atoms with Crippen molar-refractivity contribution in [3.05, 3.63) is 34.3 Å². The Morgan fingerprint density at radius 1 is 1.39 bits per heavy atom. The second-order valence-corrected chi connectivity index (χ2v) is 6.15. The van der Waals surface area contributed by atoms with Crippen molar-refractivity contribution in [1.29, 1.82) is 0 Å². The number of hydrogen-bond acceptors (Lipinski definition) is 4. The van der Waals surface area contributed by atoms with Crippen LogP contribution in [0.25, 0.3) is 10.9 Å². The van der Waals surface area contributed by atoms with Gasteiger partial charge in [-0.1, -0.05) is 23.7 Å². The molecule has 0 aliphatic carbocycles. The Morgan fingerprint density at radius 3 is 2.57 bits per heavy atom. The maximum Gasteiger partial charge on any atom is 0.418 e. The van der Waals surface area contributed by atoms with Crippen LogP contribution in [0, 0.1) is 0 Å². The molecule has 1 aromatic heterocycles. The van der Waals surface area contributed by atoms with E-state index in [0.29, 0.717) is 0 Å². The number of alkyl halides is 3. The third-order valence-electron chi connectivity index (χ3n) is 2.98. The lowest BCUT2D eigenvalue weighted by Gasteiger charge is -2.14. The van der Waals surface area contributed by atoms with Gasteiger partial charge < -0.3 is 4.74 Å². The zero-order valence-electron chi connectivity index (χ0n) is 12.0. The molecule has 0 aliphatic rings. The van der Waals surface area contributed by atoms with E-state index < -0.39 is 34.0 Å². The fourth-order valence-corrected chi connectivity index (χ4v) is 3.11. The molecule has 0 spiro atoms. The Morgan fingerprint density at radius 2 is 2.04 bits per heavy atom. The maximum atomic E-state index is 13.1. The van der Waals surface area contributed by atoms with E-state index in [1.54, 1.807) is 6.92 Å². The van der Waals surface area contributed by atoms with E-state index in [1.165, 1.54) is 12.3 Å². The third kappa shape index (κ3) is 3.32. The van der Waals surface area contributed by atoms with Crippen LogP contribution >= 0.6 is 11.6 Å². The number of carbonyl (C=O) groups is 1. The highest BCUT2D eigenvalue weighted by Gasteiger charge is 2.35. The highest BCUT2D eigenvalue weighted by Crippen LogP contribution is 2.38. The van der Waals surface area contributed by atoms with Crippen LogP contribution < -0.4 is 0 Å². The van der Waals surface area contributed by atoms with E-state index in [4.69, 9.17) is 16.3 Å². The number of pyridine rings is 1. The van der Waals surface area contributed by atoms with Gasteiger partial charge in [-0.15, -0.1) is 0 Å². The molecular weight excluding hydrogens is 355 g/mol. The highest BCUT2D eigenvalue weighted by atomic mass is 35.5. The van der Waals surface area contributed by atoms with Gasteiger partial charge in [-0.05, 0) is 13.0 Å². The predicted octanol–water partition coefficient (Wildman–Crippen LogP) is 3.82. The Hall–Kier alpha value is -1.67. The molecule has 1 heterocycles. The summed E-state index contributed by atoms with van der Waals surface area (Å²) in [5.41, 5.74) is -1.75. The molecule has 0 radical (unpaired) electrons. The van der Waals surface area contributed by atoms with Crippen LogP contribution in [0.5, 0.6) is 0 Å². The summed E-state index contributed by atoms with van der Waals surface area (Å²) in [5.74, 6) is -0.880. The van der Waals surface area contributed by atoms with Gasteiger partial charge in [0.2, 0.25) is 0 Å². The van der Waals surface area contributed by atoms with Gasteiger partial charge in [0.1, 0.15) is 10.6 Å². The van der Waals surface area contributed by atoms with E-state index in [-0.39, 0.29) is 27.6 Å². The van der Waals surface area contributed by atoms with Crippen molar-refractivity contribution in [2.45, 2.75) is 18.1 Å². The molecule has 0 unspecified atom stereocenters. The van der Waals surface area contributed by atoms with E-state index in [1.807, 2.05) is 0 Å². The number of nitrogens with zero attached hydrogens (tertiary/aromatic N) is 1. The normalized spacial score (nSPS) is 13.1. The molecule has 0 saturated heterocycles. The minimum absolute atomic E-state index is 0.0333. The average molecular weight is 366 g/mol. The molecule has 2 rings (SSSR count). The summed E-state index contributed by atoms with van der Waals surface area (Å²) in [6, 6.07) is 3.32. The van der Waals surface area contributed by atoms with Crippen LogP contribution in [-0.4, -0.2) is 28.0 Å². The number of esters is 1. The van der Waals surface area contributed by atoms with Crippen molar-refractivity contribution in [1.82, 2.24) is 4.98 Å². The van der Waals surface area contributed by atoms with E-state index in [9.17, 15) is 22.2 Å². The fraction of sp³-hybridized carbons (Fsp3) is 0.286. The lowest BCUT2D eigenvalue weighted by atomic mass is 10.1. The number of rotatable bonds is 3. The molecule has 1 aromatic carbocycles. The van der Waals surface area contributed by atoms with Crippen molar-refractivity contribution in [3.63, 3.8) is 0 Å². The average Bonchev–Trinajstić information content (AvgIpc) is 2.45. The minimum atomic E-state index is -4.66. The van der Waals surface area contributed by atoms with E-state index in [2.05, 4.69) is 4.98 Å². The number of fused-ring (bicyclic) bond motifs is 1. The largest absolute Gasteiger partial charge is 0.462 e. The third-order valence-corrected chi connectivity index (χ3v) is 4.21. The molecule has 9 heteroatoms. The first-order valence-electron chi connectivity index (χ1n) is 6.38. The number of benzene rings is 1. The van der Waals surface area contributed by atoms with Crippen molar-refractivity contribution in [2.24, 2.45) is 0 Å². The summed E-state index contributed by atoms with van der Waals surface area (Å²) in [4.78, 5) is 15.8. The summed E-state index contributed by atoms with van der Waals surface area (Å²) < 4.78 is 56.0.